The van der Waals surface area contributed by atoms with Gasteiger partial charge in [0.1, 0.15) is 0 Å². The molecule has 0 atom stereocenters. The maximum absolute atomic E-state index is 12.4. The highest BCUT2D eigenvalue weighted by molar-refractivity contribution is 7.92. The van der Waals surface area contributed by atoms with Crippen molar-refractivity contribution in [3.8, 4) is 0 Å². The van der Waals surface area contributed by atoms with Crippen LogP contribution < -0.4 is 10.0 Å². The Morgan fingerprint density at radius 1 is 1.17 bits per heavy atom. The van der Waals surface area contributed by atoms with Crippen molar-refractivity contribution in [2.45, 2.75) is 13.3 Å². The van der Waals surface area contributed by atoms with Gasteiger partial charge in [0.15, 0.2) is 0 Å². The number of hydrogen-bond donors (Lipinski definition) is 2. The molecule has 7 heteroatoms. The molecule has 2 aromatic rings. The van der Waals surface area contributed by atoms with E-state index in [4.69, 9.17) is 11.6 Å². The number of rotatable bonds is 5. The van der Waals surface area contributed by atoms with Gasteiger partial charge in [-0.3, -0.25) is 9.52 Å². The molecule has 0 heterocycles. The van der Waals surface area contributed by atoms with E-state index in [1.54, 1.807) is 0 Å². The first-order valence-electron chi connectivity index (χ1n) is 6.96. The summed E-state index contributed by atoms with van der Waals surface area (Å²) in [7, 11) is -3.39. The maximum Gasteiger partial charge on any atom is 0.257 e. The highest BCUT2D eigenvalue weighted by Crippen LogP contribution is 2.23. The van der Waals surface area contributed by atoms with Gasteiger partial charge in [-0.1, -0.05) is 36.7 Å². The van der Waals surface area contributed by atoms with Gasteiger partial charge < -0.3 is 5.32 Å². The Bertz CT molecular complexity index is 835. The van der Waals surface area contributed by atoms with Crippen molar-refractivity contribution in [2.24, 2.45) is 0 Å². The fraction of sp³-hybridized carbons (Fsp3) is 0.188. The summed E-state index contributed by atoms with van der Waals surface area (Å²) in [5.41, 5.74) is 2.33. The molecule has 2 N–H and O–H groups in total. The zero-order chi connectivity index (χ0) is 17.0. The van der Waals surface area contributed by atoms with E-state index in [9.17, 15) is 13.2 Å². The molecule has 23 heavy (non-hydrogen) atoms. The smallest absolute Gasteiger partial charge is 0.257 e. The van der Waals surface area contributed by atoms with Gasteiger partial charge in [0, 0.05) is 11.4 Å². The number of nitrogens with one attached hydrogen (secondary N) is 2. The second-order valence-corrected chi connectivity index (χ2v) is 7.19. The summed E-state index contributed by atoms with van der Waals surface area (Å²) in [5, 5.41) is 3.00. The average Bonchev–Trinajstić information content (AvgIpc) is 2.46. The number of carbonyl (C=O) groups excluding carboxylic acids is 1. The summed E-state index contributed by atoms with van der Waals surface area (Å²) in [4.78, 5) is 12.4. The van der Waals surface area contributed by atoms with Gasteiger partial charge in [0.2, 0.25) is 10.0 Å². The minimum absolute atomic E-state index is 0.171. The van der Waals surface area contributed by atoms with Crippen LogP contribution in [0.1, 0.15) is 22.8 Å². The van der Waals surface area contributed by atoms with Crippen LogP contribution in [0.5, 0.6) is 0 Å². The highest BCUT2D eigenvalue weighted by Gasteiger charge is 2.13. The molecule has 2 rings (SSSR count). The second kappa shape index (κ2) is 7.02. The number of carbonyl (C=O) groups is 1. The van der Waals surface area contributed by atoms with Gasteiger partial charge in [0.25, 0.3) is 5.91 Å². The predicted molar refractivity (Wildman–Crippen MR) is 93.7 cm³/mol. The van der Waals surface area contributed by atoms with Gasteiger partial charge in [-0.05, 0) is 36.2 Å². The SMILES string of the molecule is CCc1ccccc1NC(=O)c1ccc(NS(C)(=O)=O)cc1Cl. The van der Waals surface area contributed by atoms with E-state index >= 15 is 0 Å². The third-order valence-electron chi connectivity index (χ3n) is 3.16. The van der Waals surface area contributed by atoms with Crippen molar-refractivity contribution in [3.63, 3.8) is 0 Å². The lowest BCUT2D eigenvalue weighted by Crippen LogP contribution is -2.14. The molecule has 1 amide bonds. The van der Waals surface area contributed by atoms with Crippen LogP contribution in [-0.2, 0) is 16.4 Å². The molecule has 0 saturated heterocycles. The third kappa shape index (κ3) is 4.71. The van der Waals surface area contributed by atoms with Gasteiger partial charge in [0.05, 0.1) is 16.8 Å². The molecule has 0 saturated carbocycles. The number of hydrogen-bond acceptors (Lipinski definition) is 3. The fourth-order valence-corrected chi connectivity index (χ4v) is 2.94. The van der Waals surface area contributed by atoms with Crippen molar-refractivity contribution in [2.75, 3.05) is 16.3 Å². The van der Waals surface area contributed by atoms with E-state index in [1.807, 2.05) is 31.2 Å². The first kappa shape index (κ1) is 17.3. The van der Waals surface area contributed by atoms with Crippen molar-refractivity contribution >= 4 is 38.9 Å². The first-order valence-corrected chi connectivity index (χ1v) is 9.23. The largest absolute Gasteiger partial charge is 0.322 e. The van der Waals surface area contributed by atoms with Crippen LogP contribution >= 0.6 is 11.6 Å². The Balaban J connectivity index is 2.23. The van der Waals surface area contributed by atoms with Crippen LogP contribution in [0.2, 0.25) is 5.02 Å². The first-order chi connectivity index (χ1) is 10.8. The number of para-hydroxylation sites is 1. The number of amides is 1. The summed E-state index contributed by atoms with van der Waals surface area (Å²) in [6.45, 7) is 2.00. The lowest BCUT2D eigenvalue weighted by molar-refractivity contribution is 0.102. The van der Waals surface area contributed by atoms with Crippen LogP contribution in [0.4, 0.5) is 11.4 Å². The maximum atomic E-state index is 12.4. The van der Waals surface area contributed by atoms with Gasteiger partial charge in [-0.2, -0.15) is 0 Å². The molecule has 0 aliphatic rings. The normalized spacial score (nSPS) is 11.1. The molecule has 0 spiro atoms. The van der Waals surface area contributed by atoms with Crippen LogP contribution in [0.3, 0.4) is 0 Å². The van der Waals surface area contributed by atoms with E-state index in [1.165, 1.54) is 18.2 Å². The van der Waals surface area contributed by atoms with E-state index in [2.05, 4.69) is 10.0 Å². The van der Waals surface area contributed by atoms with E-state index in [-0.39, 0.29) is 16.5 Å². The molecule has 2 aromatic carbocycles. The molecule has 0 fully saturated rings. The van der Waals surface area contributed by atoms with Crippen LogP contribution in [0.25, 0.3) is 0 Å². The van der Waals surface area contributed by atoms with Crippen LogP contribution in [0.15, 0.2) is 42.5 Å². The molecule has 0 aliphatic heterocycles. The number of halogens is 1. The minimum Gasteiger partial charge on any atom is -0.322 e. The monoisotopic (exact) mass is 352 g/mol. The summed E-state index contributed by atoms with van der Waals surface area (Å²) >= 11 is 6.10. The molecule has 0 unspecified atom stereocenters. The molecule has 0 aliphatic carbocycles. The second-order valence-electron chi connectivity index (χ2n) is 5.03. The molecule has 0 bridgehead atoms. The van der Waals surface area contributed by atoms with Crippen molar-refractivity contribution in [3.05, 3.63) is 58.6 Å². The Kier molecular flexibility index (Phi) is 5.28. The van der Waals surface area contributed by atoms with Crippen molar-refractivity contribution in [1.29, 1.82) is 0 Å². The molecular formula is C16H17ClN2O3S. The standard InChI is InChI=1S/C16H17ClN2O3S/c1-3-11-6-4-5-7-15(11)18-16(20)13-9-8-12(10-14(13)17)19-23(2,21)22/h4-10,19H,3H2,1-2H3,(H,18,20). The number of benzene rings is 2. The molecule has 122 valence electrons. The predicted octanol–water partition coefficient (Wildman–Crippen LogP) is 3.53. The van der Waals surface area contributed by atoms with Gasteiger partial charge in [-0.15, -0.1) is 0 Å². The average molecular weight is 353 g/mol. The van der Waals surface area contributed by atoms with E-state index in [0.717, 1.165) is 23.9 Å². The van der Waals surface area contributed by atoms with Crippen molar-refractivity contribution in [1.82, 2.24) is 0 Å². The molecule has 0 aromatic heterocycles. The highest BCUT2D eigenvalue weighted by atomic mass is 35.5. The van der Waals surface area contributed by atoms with Gasteiger partial charge >= 0.3 is 0 Å². The molecule has 0 radical (unpaired) electrons. The Hall–Kier alpha value is -2.05. The zero-order valence-corrected chi connectivity index (χ0v) is 14.3. The topological polar surface area (TPSA) is 75.3 Å². The van der Waals surface area contributed by atoms with E-state index in [0.29, 0.717) is 5.69 Å². The Morgan fingerprint density at radius 2 is 1.87 bits per heavy atom. The third-order valence-corrected chi connectivity index (χ3v) is 4.08. The Morgan fingerprint density at radius 3 is 2.48 bits per heavy atom. The van der Waals surface area contributed by atoms with Crippen molar-refractivity contribution < 1.29 is 13.2 Å². The van der Waals surface area contributed by atoms with Crippen LogP contribution in [0, 0.1) is 0 Å². The zero-order valence-electron chi connectivity index (χ0n) is 12.8. The molecular weight excluding hydrogens is 336 g/mol. The van der Waals surface area contributed by atoms with Gasteiger partial charge in [-0.25, -0.2) is 8.42 Å². The lowest BCUT2D eigenvalue weighted by Gasteiger charge is -2.11. The summed E-state index contributed by atoms with van der Waals surface area (Å²) in [5.74, 6) is -0.346. The van der Waals surface area contributed by atoms with Crippen LogP contribution in [-0.4, -0.2) is 20.6 Å². The van der Waals surface area contributed by atoms with E-state index < -0.39 is 10.0 Å². The molecule has 5 nitrogen and oxygen atoms in total. The summed E-state index contributed by atoms with van der Waals surface area (Å²) < 4.78 is 24.7. The minimum atomic E-state index is -3.39. The summed E-state index contributed by atoms with van der Waals surface area (Å²) in [6, 6.07) is 11.9. The number of sulfonamides is 1. The number of anilines is 2. The lowest BCUT2D eigenvalue weighted by atomic mass is 10.1. The quantitative estimate of drug-likeness (QED) is 0.864. The number of aryl methyl sites for hydroxylation is 1. The Labute approximate surface area is 140 Å². The fourth-order valence-electron chi connectivity index (χ4n) is 2.12. The summed E-state index contributed by atoms with van der Waals surface area (Å²) in [6.07, 6.45) is 1.84.